The van der Waals surface area contributed by atoms with E-state index in [2.05, 4.69) is 30.0 Å². The van der Waals surface area contributed by atoms with Crippen molar-refractivity contribution in [2.75, 3.05) is 6.16 Å². The minimum absolute atomic E-state index is 0.583. The van der Waals surface area contributed by atoms with Crippen LogP contribution in [0.3, 0.4) is 0 Å². The molecule has 1 heteroatoms. The Morgan fingerprint density at radius 2 is 2.00 bits per heavy atom. The molecule has 0 saturated heterocycles. The highest BCUT2D eigenvalue weighted by Crippen LogP contribution is 2.45. The molecule has 0 radical (unpaired) electrons. The van der Waals surface area contributed by atoms with Gasteiger partial charge in [0.15, 0.2) is 0 Å². The molecule has 0 amide bonds. The van der Waals surface area contributed by atoms with Crippen molar-refractivity contribution in [3.63, 3.8) is 0 Å². The van der Waals surface area contributed by atoms with Crippen molar-refractivity contribution in [1.29, 1.82) is 0 Å². The Labute approximate surface area is 73.3 Å². The molecule has 0 aromatic carbocycles. The van der Waals surface area contributed by atoms with Gasteiger partial charge in [-0.05, 0) is 29.8 Å². The molecule has 0 N–H and O–H groups in total. The summed E-state index contributed by atoms with van der Waals surface area (Å²) in [6.45, 7) is 7.28. The van der Waals surface area contributed by atoms with Crippen molar-refractivity contribution in [2.45, 2.75) is 40.0 Å². The van der Waals surface area contributed by atoms with Gasteiger partial charge in [-0.2, -0.15) is 0 Å². The first-order valence-corrected chi connectivity index (χ1v) is 5.60. The zero-order valence-corrected chi connectivity index (χ0v) is 9.22. The lowest BCUT2D eigenvalue weighted by Crippen LogP contribution is -2.35. The fourth-order valence-corrected chi connectivity index (χ4v) is 3.08. The van der Waals surface area contributed by atoms with Crippen molar-refractivity contribution in [2.24, 2.45) is 17.3 Å². The van der Waals surface area contributed by atoms with E-state index < -0.39 is 0 Å². The van der Waals surface area contributed by atoms with Crippen molar-refractivity contribution >= 4 is 9.24 Å². The van der Waals surface area contributed by atoms with Crippen LogP contribution in [0, 0.1) is 17.3 Å². The van der Waals surface area contributed by atoms with Gasteiger partial charge in [-0.1, -0.05) is 33.6 Å². The predicted octanol–water partition coefficient (Wildman–Crippen LogP) is 3.32. The van der Waals surface area contributed by atoms with Gasteiger partial charge in [0.05, 0.1) is 0 Å². The molecule has 3 atom stereocenters. The van der Waals surface area contributed by atoms with Crippen molar-refractivity contribution in [1.82, 2.24) is 0 Å². The SMILES string of the molecule is C[C@@H]1CCCC(CP)C1(C)C. The van der Waals surface area contributed by atoms with Crippen LogP contribution in [-0.4, -0.2) is 6.16 Å². The first kappa shape index (κ1) is 9.52. The molecule has 1 fully saturated rings. The Kier molecular flexibility index (Phi) is 2.97. The summed E-state index contributed by atoms with van der Waals surface area (Å²) in [5.41, 5.74) is 0.583. The van der Waals surface area contributed by atoms with E-state index in [1.165, 1.54) is 25.4 Å². The fraction of sp³-hybridized carbons (Fsp3) is 1.00. The maximum absolute atomic E-state index is 2.90. The van der Waals surface area contributed by atoms with Gasteiger partial charge >= 0.3 is 0 Å². The highest BCUT2D eigenvalue weighted by molar-refractivity contribution is 7.16. The average Bonchev–Trinajstić information content (AvgIpc) is 1.95. The van der Waals surface area contributed by atoms with Crippen LogP contribution < -0.4 is 0 Å². The summed E-state index contributed by atoms with van der Waals surface area (Å²) < 4.78 is 0. The number of rotatable bonds is 1. The van der Waals surface area contributed by atoms with E-state index in [9.17, 15) is 0 Å². The monoisotopic (exact) mass is 172 g/mol. The lowest BCUT2D eigenvalue weighted by atomic mass is 9.63. The Balaban J connectivity index is 2.64. The molecule has 0 aromatic rings. The van der Waals surface area contributed by atoms with Crippen LogP contribution in [-0.2, 0) is 0 Å². The normalized spacial score (nSPS) is 37.1. The zero-order valence-electron chi connectivity index (χ0n) is 8.06. The van der Waals surface area contributed by atoms with E-state index in [1.54, 1.807) is 0 Å². The van der Waals surface area contributed by atoms with Gasteiger partial charge in [-0.15, -0.1) is 9.24 Å². The lowest BCUT2D eigenvalue weighted by molar-refractivity contribution is 0.0861. The Morgan fingerprint density at radius 1 is 1.36 bits per heavy atom. The summed E-state index contributed by atoms with van der Waals surface area (Å²) in [6.07, 6.45) is 5.62. The standard InChI is InChI=1S/C10H21P/c1-8-5-4-6-9(7-11)10(8,2)3/h8-9H,4-7,11H2,1-3H3/t8-,9?/m1/s1. The Bertz CT molecular complexity index is 129. The summed E-state index contributed by atoms with van der Waals surface area (Å²) in [6, 6.07) is 0. The van der Waals surface area contributed by atoms with E-state index in [-0.39, 0.29) is 0 Å². The average molecular weight is 172 g/mol. The molecular formula is C10H21P. The van der Waals surface area contributed by atoms with Gasteiger partial charge in [0, 0.05) is 0 Å². The molecule has 2 unspecified atom stereocenters. The highest BCUT2D eigenvalue weighted by atomic mass is 31.0. The van der Waals surface area contributed by atoms with Crippen molar-refractivity contribution in [3.8, 4) is 0 Å². The summed E-state index contributed by atoms with van der Waals surface area (Å²) >= 11 is 0. The second-order valence-corrected chi connectivity index (χ2v) is 5.06. The molecule has 1 aliphatic rings. The third-order valence-electron chi connectivity index (χ3n) is 3.80. The largest absolute Gasteiger partial charge is 0.137 e. The van der Waals surface area contributed by atoms with Crippen LogP contribution in [0.4, 0.5) is 0 Å². The quantitative estimate of drug-likeness (QED) is 0.532. The fourth-order valence-electron chi connectivity index (χ4n) is 2.24. The summed E-state index contributed by atoms with van der Waals surface area (Å²) in [5.74, 6) is 1.86. The highest BCUT2D eigenvalue weighted by Gasteiger charge is 2.36. The van der Waals surface area contributed by atoms with E-state index in [0.717, 1.165) is 11.8 Å². The first-order chi connectivity index (χ1) is 5.09. The predicted molar refractivity (Wildman–Crippen MR) is 54.9 cm³/mol. The van der Waals surface area contributed by atoms with Crippen LogP contribution in [0.5, 0.6) is 0 Å². The molecule has 0 nitrogen and oxygen atoms in total. The molecule has 11 heavy (non-hydrogen) atoms. The third kappa shape index (κ3) is 1.78. The first-order valence-electron chi connectivity index (χ1n) is 4.79. The van der Waals surface area contributed by atoms with Gasteiger partial charge in [-0.3, -0.25) is 0 Å². The summed E-state index contributed by atoms with van der Waals surface area (Å²) in [4.78, 5) is 0. The lowest BCUT2D eigenvalue weighted by Gasteiger charge is -2.43. The molecule has 0 bridgehead atoms. The number of hydrogen-bond donors (Lipinski definition) is 0. The minimum atomic E-state index is 0.583. The van der Waals surface area contributed by atoms with Crippen LogP contribution >= 0.6 is 9.24 Å². The molecule has 0 aromatic heterocycles. The van der Waals surface area contributed by atoms with Crippen LogP contribution in [0.2, 0.25) is 0 Å². The van der Waals surface area contributed by atoms with Crippen LogP contribution in [0.1, 0.15) is 40.0 Å². The van der Waals surface area contributed by atoms with Gasteiger partial charge in [0.1, 0.15) is 0 Å². The maximum atomic E-state index is 2.90. The molecular weight excluding hydrogens is 151 g/mol. The molecule has 1 saturated carbocycles. The van der Waals surface area contributed by atoms with Crippen LogP contribution in [0.25, 0.3) is 0 Å². The van der Waals surface area contributed by atoms with Gasteiger partial charge in [0.2, 0.25) is 0 Å². The van der Waals surface area contributed by atoms with Gasteiger partial charge in [0.25, 0.3) is 0 Å². The smallest absolute Gasteiger partial charge is 0.0297 e. The van der Waals surface area contributed by atoms with E-state index >= 15 is 0 Å². The van der Waals surface area contributed by atoms with E-state index in [4.69, 9.17) is 0 Å². The number of hydrogen-bond acceptors (Lipinski definition) is 0. The van der Waals surface area contributed by atoms with Crippen molar-refractivity contribution < 1.29 is 0 Å². The maximum Gasteiger partial charge on any atom is -0.0297 e. The molecule has 0 heterocycles. The second kappa shape index (κ2) is 3.44. The van der Waals surface area contributed by atoms with Crippen LogP contribution in [0.15, 0.2) is 0 Å². The summed E-state index contributed by atoms with van der Waals surface area (Å²) in [5, 5.41) is 0. The zero-order chi connectivity index (χ0) is 8.48. The van der Waals surface area contributed by atoms with Gasteiger partial charge < -0.3 is 0 Å². The second-order valence-electron chi connectivity index (χ2n) is 4.59. The van der Waals surface area contributed by atoms with E-state index in [1.807, 2.05) is 0 Å². The molecule has 0 aliphatic heterocycles. The van der Waals surface area contributed by atoms with Gasteiger partial charge in [-0.25, -0.2) is 0 Å². The topological polar surface area (TPSA) is 0 Å². The third-order valence-corrected chi connectivity index (χ3v) is 4.37. The van der Waals surface area contributed by atoms with Crippen molar-refractivity contribution in [3.05, 3.63) is 0 Å². The Hall–Kier alpha value is 0.430. The summed E-state index contributed by atoms with van der Waals surface area (Å²) in [7, 11) is 2.90. The minimum Gasteiger partial charge on any atom is -0.137 e. The van der Waals surface area contributed by atoms with E-state index in [0.29, 0.717) is 5.41 Å². The molecule has 66 valence electrons. The Morgan fingerprint density at radius 3 is 2.45 bits per heavy atom. The molecule has 1 aliphatic carbocycles. The molecule has 1 rings (SSSR count). The molecule has 0 spiro atoms.